The van der Waals surface area contributed by atoms with E-state index in [0.29, 0.717) is 76.7 Å². The first-order valence-corrected chi connectivity index (χ1v) is 13.6. The predicted molar refractivity (Wildman–Crippen MR) is 152 cm³/mol. The van der Waals surface area contributed by atoms with Crippen molar-refractivity contribution >= 4 is 29.0 Å². The van der Waals surface area contributed by atoms with Crippen LogP contribution in [0.4, 0.5) is 0 Å². The molecule has 0 aromatic heterocycles. The van der Waals surface area contributed by atoms with E-state index in [0.717, 1.165) is 11.3 Å². The molecule has 2 aromatic carbocycles. The number of carbonyl (C=O) groups is 1. The summed E-state index contributed by atoms with van der Waals surface area (Å²) in [5.74, 6) is 0.453. The summed E-state index contributed by atoms with van der Waals surface area (Å²) in [5, 5.41) is 11.2. The summed E-state index contributed by atoms with van der Waals surface area (Å²) in [5.41, 5.74) is 9.63. The molecule has 7 nitrogen and oxygen atoms in total. The highest BCUT2D eigenvalue weighted by Crippen LogP contribution is 2.50. The summed E-state index contributed by atoms with van der Waals surface area (Å²) < 4.78 is 17.3. The van der Waals surface area contributed by atoms with Gasteiger partial charge in [0.2, 0.25) is 0 Å². The number of carbonyl (C=O) groups excluding carboxylic acids is 1. The number of hydrogen-bond acceptors (Lipinski definition) is 7. The van der Waals surface area contributed by atoms with Crippen LogP contribution in [0.2, 0.25) is 10.0 Å². The highest BCUT2D eigenvalue weighted by molar-refractivity contribution is 6.32. The van der Waals surface area contributed by atoms with E-state index in [1.165, 1.54) is 0 Å². The summed E-state index contributed by atoms with van der Waals surface area (Å²) in [7, 11) is 1.61. The first-order chi connectivity index (χ1) is 18.6. The van der Waals surface area contributed by atoms with Crippen molar-refractivity contribution in [2.24, 2.45) is 11.1 Å². The number of Topliss-reactive ketones (excluding diaryl/α,β-unsaturated/α-hetero) is 1. The minimum Gasteiger partial charge on any atom is -0.490 e. The summed E-state index contributed by atoms with van der Waals surface area (Å²) in [6.45, 7) is 7.46. The number of nitrogens with two attached hydrogens (primary N) is 1. The van der Waals surface area contributed by atoms with Crippen LogP contribution in [-0.2, 0) is 16.1 Å². The molecule has 2 N–H and O–H groups in total. The van der Waals surface area contributed by atoms with Gasteiger partial charge < -0.3 is 24.8 Å². The standard InChI is InChI=1S/C30H33Cl2N3O4/c1-5-38-25-13-19(12-22(32)28(25)39-17-18-6-8-20(31)9-7-18)26-21(16-33)29(34)35(10-11-37-4)23-14-30(2,3)15-24(36)27(23)26/h6-9,12-13,26H,5,10-11,14-15,17,34H2,1-4H3/t26-/m0/s1. The number of benzene rings is 2. The number of nitriles is 1. The van der Waals surface area contributed by atoms with Crippen molar-refractivity contribution in [3.63, 3.8) is 0 Å². The van der Waals surface area contributed by atoms with Crippen molar-refractivity contribution in [3.05, 3.63) is 80.2 Å². The molecule has 2 aliphatic rings. The lowest BCUT2D eigenvalue weighted by Crippen LogP contribution is -2.43. The van der Waals surface area contributed by atoms with Gasteiger partial charge in [-0.1, -0.05) is 49.2 Å². The molecule has 9 heteroatoms. The maximum Gasteiger partial charge on any atom is 0.180 e. The molecule has 0 unspecified atom stereocenters. The van der Waals surface area contributed by atoms with Crippen LogP contribution >= 0.6 is 23.2 Å². The van der Waals surface area contributed by atoms with E-state index in [2.05, 4.69) is 19.9 Å². The molecule has 0 spiro atoms. The van der Waals surface area contributed by atoms with Crippen molar-refractivity contribution in [2.75, 3.05) is 26.9 Å². The third-order valence-electron chi connectivity index (χ3n) is 6.97. The minimum atomic E-state index is -0.672. The molecule has 1 atom stereocenters. The van der Waals surface area contributed by atoms with E-state index in [4.69, 9.17) is 43.1 Å². The number of ether oxygens (including phenoxy) is 3. The zero-order chi connectivity index (χ0) is 28.3. The van der Waals surface area contributed by atoms with Crippen LogP contribution in [0.1, 0.15) is 50.7 Å². The van der Waals surface area contributed by atoms with E-state index >= 15 is 0 Å². The summed E-state index contributed by atoms with van der Waals surface area (Å²) in [6.07, 6.45) is 1.01. The van der Waals surface area contributed by atoms with Crippen molar-refractivity contribution < 1.29 is 19.0 Å². The lowest BCUT2D eigenvalue weighted by molar-refractivity contribution is -0.118. The Kier molecular flexibility index (Phi) is 8.80. The lowest BCUT2D eigenvalue weighted by atomic mass is 9.68. The largest absolute Gasteiger partial charge is 0.490 e. The second-order valence-electron chi connectivity index (χ2n) is 10.5. The summed E-state index contributed by atoms with van der Waals surface area (Å²) in [6, 6.07) is 13.1. The van der Waals surface area contributed by atoms with Crippen LogP contribution in [0.25, 0.3) is 0 Å². The number of hydrogen-bond donors (Lipinski definition) is 1. The van der Waals surface area contributed by atoms with Gasteiger partial charge in [-0.2, -0.15) is 5.26 Å². The van der Waals surface area contributed by atoms with Crippen LogP contribution in [-0.4, -0.2) is 37.6 Å². The third-order valence-corrected chi connectivity index (χ3v) is 7.50. The van der Waals surface area contributed by atoms with Gasteiger partial charge in [-0.15, -0.1) is 0 Å². The van der Waals surface area contributed by atoms with E-state index in [1.807, 2.05) is 24.0 Å². The zero-order valence-corrected chi connectivity index (χ0v) is 24.2. The van der Waals surface area contributed by atoms with Gasteiger partial charge in [0, 0.05) is 36.4 Å². The van der Waals surface area contributed by atoms with Gasteiger partial charge in [-0.05, 0) is 54.2 Å². The molecule has 0 fully saturated rings. The van der Waals surface area contributed by atoms with E-state index in [-0.39, 0.29) is 17.8 Å². The molecular weight excluding hydrogens is 537 g/mol. The van der Waals surface area contributed by atoms with Gasteiger partial charge in [0.05, 0.1) is 35.8 Å². The highest BCUT2D eigenvalue weighted by Gasteiger charge is 2.44. The number of allylic oxidation sites excluding steroid dienone is 3. The molecule has 39 heavy (non-hydrogen) atoms. The van der Waals surface area contributed by atoms with Gasteiger partial charge in [0.25, 0.3) is 0 Å². The van der Waals surface area contributed by atoms with Crippen molar-refractivity contribution in [1.29, 1.82) is 5.26 Å². The SMILES string of the molecule is CCOc1cc([C@H]2C(C#N)=C(N)N(CCOC)C3=C2C(=O)CC(C)(C)C3)cc(Cl)c1OCc1ccc(Cl)cc1. The third kappa shape index (κ3) is 6.04. The number of halogens is 2. The van der Waals surface area contributed by atoms with Gasteiger partial charge in [-0.3, -0.25) is 4.79 Å². The first-order valence-electron chi connectivity index (χ1n) is 12.9. The quantitative estimate of drug-likeness (QED) is 0.375. The summed E-state index contributed by atoms with van der Waals surface area (Å²) in [4.78, 5) is 15.5. The molecule has 1 aliphatic heterocycles. The molecule has 2 aromatic rings. The number of rotatable bonds is 9. The first kappa shape index (κ1) is 28.8. The molecule has 4 rings (SSSR count). The zero-order valence-electron chi connectivity index (χ0n) is 22.6. The van der Waals surface area contributed by atoms with Crippen molar-refractivity contribution in [3.8, 4) is 17.6 Å². The smallest absolute Gasteiger partial charge is 0.180 e. The Morgan fingerprint density at radius 3 is 2.51 bits per heavy atom. The maximum absolute atomic E-state index is 13.7. The van der Waals surface area contributed by atoms with Crippen LogP contribution in [0.5, 0.6) is 11.5 Å². The lowest BCUT2D eigenvalue weighted by Gasteiger charge is -2.43. The molecule has 206 valence electrons. The maximum atomic E-state index is 13.7. The summed E-state index contributed by atoms with van der Waals surface area (Å²) >= 11 is 12.8. The Morgan fingerprint density at radius 1 is 1.15 bits per heavy atom. The minimum absolute atomic E-state index is 0.00827. The molecule has 0 bridgehead atoms. The molecule has 0 saturated heterocycles. The van der Waals surface area contributed by atoms with E-state index in [9.17, 15) is 10.1 Å². The van der Waals surface area contributed by atoms with Gasteiger partial charge in [0.1, 0.15) is 12.4 Å². The monoisotopic (exact) mass is 569 g/mol. The Bertz CT molecular complexity index is 1360. The average Bonchev–Trinajstić information content (AvgIpc) is 2.87. The van der Waals surface area contributed by atoms with Crippen LogP contribution in [0.15, 0.2) is 59.1 Å². The Balaban J connectivity index is 1.81. The second kappa shape index (κ2) is 11.9. The molecule has 1 aliphatic carbocycles. The number of methoxy groups -OCH3 is 1. The average molecular weight is 571 g/mol. The molecular formula is C30H33Cl2N3O4. The molecule has 0 amide bonds. The van der Waals surface area contributed by atoms with E-state index < -0.39 is 5.92 Å². The molecule has 0 radical (unpaired) electrons. The van der Waals surface area contributed by atoms with Crippen molar-refractivity contribution in [2.45, 2.75) is 46.1 Å². The fourth-order valence-electron chi connectivity index (χ4n) is 5.24. The van der Waals surface area contributed by atoms with Crippen LogP contribution < -0.4 is 15.2 Å². The Hall–Kier alpha value is -3.18. The van der Waals surface area contributed by atoms with E-state index in [1.54, 1.807) is 31.4 Å². The van der Waals surface area contributed by atoms with Crippen LogP contribution in [0.3, 0.4) is 0 Å². The topological polar surface area (TPSA) is 97.8 Å². The normalized spacial score (nSPS) is 18.6. The fourth-order valence-corrected chi connectivity index (χ4v) is 5.64. The van der Waals surface area contributed by atoms with Crippen molar-refractivity contribution in [1.82, 2.24) is 4.90 Å². The van der Waals surface area contributed by atoms with Gasteiger partial charge in [-0.25, -0.2) is 0 Å². The van der Waals surface area contributed by atoms with Gasteiger partial charge in [0.15, 0.2) is 17.3 Å². The Morgan fingerprint density at radius 2 is 1.87 bits per heavy atom. The molecule has 0 saturated carbocycles. The Labute approximate surface area is 239 Å². The number of nitrogens with zero attached hydrogens (tertiary/aromatic N) is 2. The second-order valence-corrected chi connectivity index (χ2v) is 11.3. The molecule has 1 heterocycles. The predicted octanol–water partition coefficient (Wildman–Crippen LogP) is 6.35. The fraction of sp³-hybridized carbons (Fsp3) is 0.400. The van der Waals surface area contributed by atoms with Gasteiger partial charge >= 0.3 is 0 Å². The highest BCUT2D eigenvalue weighted by atomic mass is 35.5. The number of ketones is 1. The van der Waals surface area contributed by atoms with Crippen LogP contribution in [0, 0.1) is 16.7 Å².